The Morgan fingerprint density at radius 2 is 1.85 bits per heavy atom. The van der Waals surface area contributed by atoms with Gasteiger partial charge >= 0.3 is 0 Å². The summed E-state index contributed by atoms with van der Waals surface area (Å²) in [5.41, 5.74) is 3.73. The van der Waals surface area contributed by atoms with Crippen molar-refractivity contribution >= 4 is 27.1 Å². The summed E-state index contributed by atoms with van der Waals surface area (Å²) < 4.78 is 1.26. The zero-order valence-corrected chi connectivity index (χ0v) is 16.1. The first-order chi connectivity index (χ1) is 12.7. The minimum Gasteiger partial charge on any atom is -0.388 e. The van der Waals surface area contributed by atoms with Crippen LogP contribution in [0.2, 0.25) is 0 Å². The highest BCUT2D eigenvalue weighted by molar-refractivity contribution is 7.17. The van der Waals surface area contributed by atoms with Gasteiger partial charge in [-0.15, -0.1) is 11.3 Å². The van der Waals surface area contributed by atoms with E-state index in [1.165, 1.54) is 21.3 Å². The molecule has 1 aliphatic rings. The molecule has 2 aromatic carbocycles. The number of hydrogen-bond acceptors (Lipinski definition) is 4. The number of rotatable bonds is 5. The molecular weight excluding hydrogens is 340 g/mol. The molecule has 2 heterocycles. The fourth-order valence-corrected chi connectivity index (χ4v) is 4.78. The van der Waals surface area contributed by atoms with E-state index in [-0.39, 0.29) is 6.10 Å². The Kier molecular flexibility index (Phi) is 5.25. The van der Waals surface area contributed by atoms with Gasteiger partial charge in [-0.1, -0.05) is 30.3 Å². The van der Waals surface area contributed by atoms with Gasteiger partial charge in [0.1, 0.15) is 0 Å². The van der Waals surface area contributed by atoms with Crippen LogP contribution in [0.3, 0.4) is 0 Å². The molecule has 1 atom stereocenters. The molecule has 0 radical (unpaired) electrons. The van der Waals surface area contributed by atoms with E-state index >= 15 is 0 Å². The molecule has 0 saturated carbocycles. The van der Waals surface area contributed by atoms with E-state index in [1.807, 2.05) is 0 Å². The van der Waals surface area contributed by atoms with Gasteiger partial charge in [-0.05, 0) is 53.4 Å². The summed E-state index contributed by atoms with van der Waals surface area (Å²) >= 11 is 1.72. The van der Waals surface area contributed by atoms with Crippen molar-refractivity contribution in [1.82, 2.24) is 4.90 Å². The number of fused-ring (bicyclic) bond motifs is 1. The molecule has 26 heavy (non-hydrogen) atoms. The zero-order chi connectivity index (χ0) is 17.9. The normalized spacial score (nSPS) is 16.9. The van der Waals surface area contributed by atoms with Gasteiger partial charge in [0.15, 0.2) is 0 Å². The molecule has 0 spiro atoms. The van der Waals surface area contributed by atoms with E-state index in [9.17, 15) is 5.11 Å². The Bertz CT molecular complexity index is 867. The van der Waals surface area contributed by atoms with Gasteiger partial charge in [-0.25, -0.2) is 0 Å². The van der Waals surface area contributed by atoms with E-state index in [4.69, 9.17) is 0 Å². The second-order valence-corrected chi connectivity index (χ2v) is 8.07. The Hall–Kier alpha value is -1.88. The van der Waals surface area contributed by atoms with Crippen LogP contribution in [-0.2, 0) is 0 Å². The number of aryl methyl sites for hydroxylation is 1. The lowest BCUT2D eigenvalue weighted by Crippen LogP contribution is -2.46. The molecule has 1 unspecified atom stereocenters. The average molecular weight is 367 g/mol. The summed E-state index contributed by atoms with van der Waals surface area (Å²) in [7, 11) is 0. The SMILES string of the molecule is Cc1cccc(N2CCN(CCC(O)c3csc4ccccc34)CC2)c1. The van der Waals surface area contributed by atoms with Crippen LogP contribution in [0.5, 0.6) is 0 Å². The number of aliphatic hydroxyl groups excluding tert-OH is 1. The van der Waals surface area contributed by atoms with Crippen LogP contribution in [0.15, 0.2) is 53.9 Å². The van der Waals surface area contributed by atoms with Crippen LogP contribution in [0.4, 0.5) is 5.69 Å². The Morgan fingerprint density at radius 1 is 1.04 bits per heavy atom. The third-order valence-corrected chi connectivity index (χ3v) is 6.31. The maximum atomic E-state index is 10.7. The van der Waals surface area contributed by atoms with Crippen LogP contribution in [-0.4, -0.2) is 42.7 Å². The third kappa shape index (κ3) is 3.78. The maximum Gasteiger partial charge on any atom is 0.0816 e. The van der Waals surface area contributed by atoms with Crippen molar-refractivity contribution in [2.75, 3.05) is 37.6 Å². The molecule has 1 fully saturated rings. The van der Waals surface area contributed by atoms with Crippen LogP contribution in [0, 0.1) is 6.92 Å². The molecular formula is C22H26N2OS. The first kappa shape index (κ1) is 17.5. The smallest absolute Gasteiger partial charge is 0.0816 e. The molecule has 1 aliphatic heterocycles. The minimum atomic E-state index is -0.374. The summed E-state index contributed by atoms with van der Waals surface area (Å²) in [5.74, 6) is 0. The molecule has 4 heteroatoms. The molecule has 0 bridgehead atoms. The summed E-state index contributed by atoms with van der Waals surface area (Å²) in [6.45, 7) is 7.33. The molecule has 0 amide bonds. The van der Waals surface area contributed by atoms with Gasteiger partial charge in [0, 0.05) is 43.1 Å². The number of hydrogen-bond donors (Lipinski definition) is 1. The van der Waals surface area contributed by atoms with Gasteiger partial charge in [-0.3, -0.25) is 4.90 Å². The predicted octanol–water partition coefficient (Wildman–Crippen LogP) is 4.46. The summed E-state index contributed by atoms with van der Waals surface area (Å²) in [6.07, 6.45) is 0.423. The van der Waals surface area contributed by atoms with Crippen LogP contribution in [0.25, 0.3) is 10.1 Å². The van der Waals surface area contributed by atoms with Gasteiger partial charge in [0.05, 0.1) is 6.10 Å². The Labute approximate surface area is 159 Å². The lowest BCUT2D eigenvalue weighted by atomic mass is 10.1. The van der Waals surface area contributed by atoms with Crippen LogP contribution >= 0.6 is 11.3 Å². The van der Waals surface area contributed by atoms with Crippen molar-refractivity contribution in [2.24, 2.45) is 0 Å². The quantitative estimate of drug-likeness (QED) is 0.722. The highest BCUT2D eigenvalue weighted by Gasteiger charge is 2.19. The fraction of sp³-hybridized carbons (Fsp3) is 0.364. The average Bonchev–Trinajstić information content (AvgIpc) is 3.11. The molecule has 0 aliphatic carbocycles. The number of piperazine rings is 1. The number of anilines is 1. The fourth-order valence-electron chi connectivity index (χ4n) is 3.77. The summed E-state index contributed by atoms with van der Waals surface area (Å²) in [4.78, 5) is 4.94. The first-order valence-electron chi connectivity index (χ1n) is 9.39. The zero-order valence-electron chi connectivity index (χ0n) is 15.3. The standard InChI is InChI=1S/C22H26N2OS/c1-17-5-4-6-18(15-17)24-13-11-23(12-14-24)10-9-21(25)20-16-26-22-8-3-2-7-19(20)22/h2-8,15-16,21,25H,9-14H2,1H3. The molecule has 4 rings (SSSR count). The third-order valence-electron chi connectivity index (χ3n) is 5.33. The predicted molar refractivity (Wildman–Crippen MR) is 111 cm³/mol. The molecule has 1 N–H and O–H groups in total. The van der Waals surface area contributed by atoms with Gasteiger partial charge < -0.3 is 10.0 Å². The largest absolute Gasteiger partial charge is 0.388 e. The maximum absolute atomic E-state index is 10.7. The van der Waals surface area contributed by atoms with Crippen molar-refractivity contribution in [2.45, 2.75) is 19.4 Å². The summed E-state index contributed by atoms with van der Waals surface area (Å²) in [5, 5.41) is 14.0. The van der Waals surface area contributed by atoms with Crippen molar-refractivity contribution in [3.8, 4) is 0 Å². The lowest BCUT2D eigenvalue weighted by Gasteiger charge is -2.36. The summed E-state index contributed by atoms with van der Waals surface area (Å²) in [6, 6.07) is 17.1. The van der Waals surface area contributed by atoms with Crippen molar-refractivity contribution in [3.63, 3.8) is 0 Å². The second-order valence-electron chi connectivity index (χ2n) is 7.16. The van der Waals surface area contributed by atoms with E-state index in [0.717, 1.165) is 44.7 Å². The topological polar surface area (TPSA) is 26.7 Å². The molecule has 3 nitrogen and oxygen atoms in total. The van der Waals surface area contributed by atoms with E-state index in [0.29, 0.717) is 0 Å². The minimum absolute atomic E-state index is 0.374. The van der Waals surface area contributed by atoms with E-state index in [2.05, 4.69) is 70.6 Å². The van der Waals surface area contributed by atoms with E-state index in [1.54, 1.807) is 11.3 Å². The van der Waals surface area contributed by atoms with Crippen molar-refractivity contribution in [1.29, 1.82) is 0 Å². The number of thiophene rings is 1. The van der Waals surface area contributed by atoms with Crippen LogP contribution < -0.4 is 4.90 Å². The monoisotopic (exact) mass is 366 g/mol. The molecule has 1 saturated heterocycles. The molecule has 136 valence electrons. The number of nitrogens with zero attached hydrogens (tertiary/aromatic N) is 2. The molecule has 3 aromatic rings. The number of aliphatic hydroxyl groups is 1. The number of benzene rings is 2. The Morgan fingerprint density at radius 3 is 2.65 bits per heavy atom. The highest BCUT2D eigenvalue weighted by Crippen LogP contribution is 2.31. The van der Waals surface area contributed by atoms with Crippen molar-refractivity contribution in [3.05, 3.63) is 65.0 Å². The second kappa shape index (κ2) is 7.78. The van der Waals surface area contributed by atoms with Crippen LogP contribution in [0.1, 0.15) is 23.7 Å². The van der Waals surface area contributed by atoms with Gasteiger partial charge in [0.25, 0.3) is 0 Å². The van der Waals surface area contributed by atoms with Gasteiger partial charge in [0.2, 0.25) is 0 Å². The molecule has 1 aromatic heterocycles. The van der Waals surface area contributed by atoms with Gasteiger partial charge in [-0.2, -0.15) is 0 Å². The van der Waals surface area contributed by atoms with Crippen molar-refractivity contribution < 1.29 is 5.11 Å². The first-order valence-corrected chi connectivity index (χ1v) is 10.3. The lowest BCUT2D eigenvalue weighted by molar-refractivity contribution is 0.141. The van der Waals surface area contributed by atoms with E-state index < -0.39 is 0 Å². The highest BCUT2D eigenvalue weighted by atomic mass is 32.1. The Balaban J connectivity index is 1.31.